The van der Waals surface area contributed by atoms with Gasteiger partial charge in [0.25, 0.3) is 0 Å². The Balaban J connectivity index is 1.42. The van der Waals surface area contributed by atoms with Crippen molar-refractivity contribution in [1.29, 1.82) is 0 Å². The molecule has 7 nitrogen and oxygen atoms in total. The molecule has 0 radical (unpaired) electrons. The van der Waals surface area contributed by atoms with Gasteiger partial charge in [-0.05, 0) is 48.6 Å². The van der Waals surface area contributed by atoms with E-state index in [0.717, 1.165) is 15.8 Å². The fraction of sp³-hybridized carbons (Fsp3) is 0.316. The zero-order valence-electron chi connectivity index (χ0n) is 14.9. The minimum atomic E-state index is -3.76. The first kappa shape index (κ1) is 17.7. The van der Waals surface area contributed by atoms with Crippen LogP contribution in [0.25, 0.3) is 10.2 Å². The lowest BCUT2D eigenvalue weighted by Crippen LogP contribution is -2.50. The van der Waals surface area contributed by atoms with E-state index in [1.807, 2.05) is 12.1 Å². The van der Waals surface area contributed by atoms with E-state index in [9.17, 15) is 13.2 Å². The highest BCUT2D eigenvalue weighted by Gasteiger charge is 2.70. The fourth-order valence-electron chi connectivity index (χ4n) is 4.12. The number of fused-ring (bicyclic) bond motifs is 2. The van der Waals surface area contributed by atoms with Crippen LogP contribution in [0.1, 0.15) is 18.4 Å². The molecule has 1 amide bonds. The van der Waals surface area contributed by atoms with Gasteiger partial charge in [0.2, 0.25) is 15.9 Å². The molecule has 1 aliphatic heterocycles. The average Bonchev–Trinajstić information content (AvgIpc) is 3.07. The second kappa shape index (κ2) is 6.33. The van der Waals surface area contributed by atoms with E-state index in [4.69, 9.17) is 0 Å². The van der Waals surface area contributed by atoms with E-state index in [1.165, 1.54) is 15.6 Å². The van der Waals surface area contributed by atoms with Gasteiger partial charge in [-0.25, -0.2) is 13.4 Å². The van der Waals surface area contributed by atoms with E-state index in [-0.39, 0.29) is 16.7 Å². The molecule has 1 N–H and O–H groups in total. The third-order valence-corrected chi connectivity index (χ3v) is 8.39. The smallest absolute Gasteiger partial charge is 0.244 e. The molecule has 5 rings (SSSR count). The molecule has 1 aliphatic carbocycles. The van der Waals surface area contributed by atoms with Crippen LogP contribution in [0.3, 0.4) is 0 Å². The van der Waals surface area contributed by atoms with Crippen LogP contribution < -0.4 is 5.32 Å². The molecule has 1 saturated heterocycles. The summed E-state index contributed by atoms with van der Waals surface area (Å²) in [7, 11) is -3.76. The molecule has 1 saturated carbocycles. The number of nitrogens with zero attached hydrogens (tertiary/aromatic N) is 3. The van der Waals surface area contributed by atoms with E-state index >= 15 is 0 Å². The Labute approximate surface area is 166 Å². The predicted molar refractivity (Wildman–Crippen MR) is 105 cm³/mol. The number of carbonyl (C=O) groups is 1. The van der Waals surface area contributed by atoms with Gasteiger partial charge in [0.05, 0.1) is 20.6 Å². The third-order valence-electron chi connectivity index (χ3n) is 5.66. The van der Waals surface area contributed by atoms with Crippen molar-refractivity contribution in [3.8, 4) is 0 Å². The minimum absolute atomic E-state index is 0.0864. The lowest BCUT2D eigenvalue weighted by atomic mass is 10.2. The lowest BCUT2D eigenvalue weighted by Gasteiger charge is -2.26. The second-order valence-electron chi connectivity index (χ2n) is 7.22. The number of thiazole rings is 1. The van der Waals surface area contributed by atoms with Gasteiger partial charge < -0.3 is 5.32 Å². The molecule has 2 aliphatic rings. The number of aromatic nitrogens is 2. The van der Waals surface area contributed by atoms with Crippen molar-refractivity contribution in [2.24, 2.45) is 5.92 Å². The van der Waals surface area contributed by atoms with E-state index in [1.54, 1.807) is 36.1 Å². The molecule has 3 aromatic rings. The van der Waals surface area contributed by atoms with Gasteiger partial charge in [0, 0.05) is 25.5 Å². The van der Waals surface area contributed by atoms with Crippen molar-refractivity contribution in [2.45, 2.75) is 29.8 Å². The van der Waals surface area contributed by atoms with Gasteiger partial charge in [-0.15, -0.1) is 11.3 Å². The van der Waals surface area contributed by atoms with Crippen molar-refractivity contribution in [2.75, 3.05) is 6.54 Å². The molecule has 144 valence electrons. The molecule has 3 heterocycles. The normalized spacial score (nSPS) is 24.2. The quantitative estimate of drug-likeness (QED) is 0.691. The van der Waals surface area contributed by atoms with Crippen LogP contribution in [0.2, 0.25) is 0 Å². The minimum Gasteiger partial charge on any atom is -0.350 e. The van der Waals surface area contributed by atoms with Crippen LogP contribution in [0.4, 0.5) is 0 Å². The van der Waals surface area contributed by atoms with Gasteiger partial charge in [-0.3, -0.25) is 9.78 Å². The SMILES string of the molecule is O=C(NCc1cccnc1)C12CC1CCN2S(=O)(=O)c1ccc2ncsc2c1. The molecule has 2 unspecified atom stereocenters. The molecule has 2 fully saturated rings. The molecule has 2 atom stereocenters. The Kier molecular flexibility index (Phi) is 4.01. The Morgan fingerprint density at radius 2 is 2.25 bits per heavy atom. The van der Waals surface area contributed by atoms with E-state index in [0.29, 0.717) is 25.9 Å². The number of carbonyl (C=O) groups excluding carboxylic acids is 1. The van der Waals surface area contributed by atoms with E-state index < -0.39 is 15.6 Å². The standard InChI is InChI=1S/C19H18N4O3S2/c24-18(21-11-13-2-1-6-20-10-13)19-9-14(19)5-7-23(19)28(25,26)15-3-4-16-17(8-15)27-12-22-16/h1-4,6,8,10,12,14H,5,7,9,11H2,(H,21,24). The van der Waals surface area contributed by atoms with Gasteiger partial charge in [-0.1, -0.05) is 6.07 Å². The highest BCUT2D eigenvalue weighted by Crippen LogP contribution is 2.57. The number of benzene rings is 1. The molecule has 1 aromatic carbocycles. The fourth-order valence-corrected chi connectivity index (χ4v) is 6.76. The molecule has 0 spiro atoms. The maximum Gasteiger partial charge on any atom is 0.244 e. The molecule has 28 heavy (non-hydrogen) atoms. The number of pyridine rings is 1. The molecular weight excluding hydrogens is 396 g/mol. The van der Waals surface area contributed by atoms with Crippen LogP contribution in [0, 0.1) is 5.92 Å². The van der Waals surface area contributed by atoms with Gasteiger partial charge >= 0.3 is 0 Å². The summed E-state index contributed by atoms with van der Waals surface area (Å²) in [5.74, 6) is -0.135. The topological polar surface area (TPSA) is 92.3 Å². The maximum atomic E-state index is 13.3. The average molecular weight is 415 g/mol. The first-order valence-electron chi connectivity index (χ1n) is 9.05. The number of sulfonamides is 1. The molecule has 2 aromatic heterocycles. The lowest BCUT2D eigenvalue weighted by molar-refractivity contribution is -0.126. The van der Waals surface area contributed by atoms with Crippen LogP contribution in [0.5, 0.6) is 0 Å². The summed E-state index contributed by atoms with van der Waals surface area (Å²) >= 11 is 1.40. The monoisotopic (exact) mass is 414 g/mol. The Hall–Kier alpha value is -2.36. The number of hydrogen-bond acceptors (Lipinski definition) is 6. The Bertz CT molecular complexity index is 1160. The summed E-state index contributed by atoms with van der Waals surface area (Å²) < 4.78 is 28.9. The van der Waals surface area contributed by atoms with Crippen molar-refractivity contribution < 1.29 is 13.2 Å². The number of nitrogens with one attached hydrogen (secondary N) is 1. The summed E-state index contributed by atoms with van der Waals surface area (Å²) in [6, 6.07) is 8.63. The molecule has 9 heteroatoms. The summed E-state index contributed by atoms with van der Waals surface area (Å²) in [4.78, 5) is 21.5. The largest absolute Gasteiger partial charge is 0.350 e. The number of hydrogen-bond donors (Lipinski definition) is 1. The van der Waals surface area contributed by atoms with Crippen LogP contribution in [-0.4, -0.2) is 40.7 Å². The zero-order valence-corrected chi connectivity index (χ0v) is 16.5. The summed E-state index contributed by atoms with van der Waals surface area (Å²) in [6.45, 7) is 0.704. The summed E-state index contributed by atoms with van der Waals surface area (Å²) in [5, 5.41) is 2.91. The van der Waals surface area contributed by atoms with Crippen LogP contribution >= 0.6 is 11.3 Å². The second-order valence-corrected chi connectivity index (χ2v) is 9.97. The van der Waals surface area contributed by atoms with Crippen molar-refractivity contribution in [3.05, 3.63) is 53.8 Å². The first-order chi connectivity index (χ1) is 13.5. The van der Waals surface area contributed by atoms with Crippen LogP contribution in [-0.2, 0) is 21.4 Å². The van der Waals surface area contributed by atoms with Crippen LogP contribution in [0.15, 0.2) is 53.1 Å². The molecular formula is C19H18N4O3S2. The predicted octanol–water partition coefficient (Wildman–Crippen LogP) is 2.16. The van der Waals surface area contributed by atoms with Crippen molar-refractivity contribution in [3.63, 3.8) is 0 Å². The Morgan fingerprint density at radius 1 is 1.36 bits per heavy atom. The zero-order chi connectivity index (χ0) is 19.4. The van der Waals surface area contributed by atoms with E-state index in [2.05, 4.69) is 15.3 Å². The van der Waals surface area contributed by atoms with Crippen molar-refractivity contribution in [1.82, 2.24) is 19.6 Å². The number of rotatable bonds is 5. The van der Waals surface area contributed by atoms with Crippen molar-refractivity contribution >= 4 is 37.5 Å². The highest BCUT2D eigenvalue weighted by atomic mass is 32.2. The molecule has 0 bridgehead atoms. The maximum absolute atomic E-state index is 13.3. The summed E-state index contributed by atoms with van der Waals surface area (Å²) in [5.41, 5.74) is 2.40. The van der Waals surface area contributed by atoms with Gasteiger partial charge in [-0.2, -0.15) is 4.31 Å². The Morgan fingerprint density at radius 3 is 3.04 bits per heavy atom. The third kappa shape index (κ3) is 2.65. The summed E-state index contributed by atoms with van der Waals surface area (Å²) in [6.07, 6.45) is 4.65. The number of piperidine rings is 1. The highest BCUT2D eigenvalue weighted by molar-refractivity contribution is 7.89. The first-order valence-corrected chi connectivity index (χ1v) is 11.4. The van der Waals surface area contributed by atoms with Gasteiger partial charge in [0.15, 0.2) is 0 Å². The van der Waals surface area contributed by atoms with Gasteiger partial charge in [0.1, 0.15) is 5.54 Å². The number of amides is 1.